The van der Waals surface area contributed by atoms with Gasteiger partial charge in [-0.25, -0.2) is 4.79 Å². The lowest BCUT2D eigenvalue weighted by Crippen LogP contribution is -2.47. The highest BCUT2D eigenvalue weighted by atomic mass is 79.9. The van der Waals surface area contributed by atoms with Crippen LogP contribution in [-0.4, -0.2) is 12.7 Å². The molecule has 1 aliphatic rings. The van der Waals surface area contributed by atoms with Gasteiger partial charge in [-0.05, 0) is 17.7 Å². The largest absolute Gasteiger partial charge is 0.449 e. The molecule has 1 N–H and O–H groups in total. The third-order valence-electron chi connectivity index (χ3n) is 2.89. The van der Waals surface area contributed by atoms with E-state index in [2.05, 4.69) is 21.2 Å². The van der Waals surface area contributed by atoms with Crippen molar-refractivity contribution in [3.05, 3.63) is 33.3 Å². The number of carbonyl (C=O) groups excluding carboxylic acids is 1. The minimum absolute atomic E-state index is 0.135. The molecule has 0 saturated carbocycles. The Bertz CT molecular complexity index is 462. The molecule has 0 aromatic heterocycles. The Morgan fingerprint density at radius 2 is 2.24 bits per heavy atom. The van der Waals surface area contributed by atoms with Crippen molar-refractivity contribution in [1.29, 1.82) is 0 Å². The summed E-state index contributed by atoms with van der Waals surface area (Å²) in [6.07, 6.45) is -0.395. The lowest BCUT2D eigenvalue weighted by molar-refractivity contribution is 0.0387. The summed E-state index contributed by atoms with van der Waals surface area (Å²) in [6, 6.07) is 5.53. The third kappa shape index (κ3) is 2.58. The highest BCUT2D eigenvalue weighted by Crippen LogP contribution is 2.39. The number of carbonyl (C=O) groups is 1. The van der Waals surface area contributed by atoms with E-state index in [4.69, 9.17) is 16.3 Å². The van der Waals surface area contributed by atoms with Crippen molar-refractivity contribution >= 4 is 33.6 Å². The van der Waals surface area contributed by atoms with Gasteiger partial charge in [-0.3, -0.25) is 0 Å². The summed E-state index contributed by atoms with van der Waals surface area (Å²) in [5.74, 6) is 0. The number of rotatable bonds is 1. The van der Waals surface area contributed by atoms with Crippen LogP contribution in [0.2, 0.25) is 5.02 Å². The van der Waals surface area contributed by atoms with Gasteiger partial charge >= 0.3 is 6.09 Å². The molecular weight excluding hydrogens is 305 g/mol. The predicted molar refractivity (Wildman–Crippen MR) is 70.2 cm³/mol. The molecule has 1 amide bonds. The molecule has 92 valence electrons. The van der Waals surface area contributed by atoms with Crippen molar-refractivity contribution < 1.29 is 9.53 Å². The van der Waals surface area contributed by atoms with E-state index in [-0.39, 0.29) is 11.5 Å². The quantitative estimate of drug-likeness (QED) is 0.852. The van der Waals surface area contributed by atoms with E-state index in [0.29, 0.717) is 11.6 Å². The van der Waals surface area contributed by atoms with Crippen molar-refractivity contribution in [3.8, 4) is 0 Å². The van der Waals surface area contributed by atoms with Crippen molar-refractivity contribution in [2.45, 2.75) is 19.9 Å². The van der Waals surface area contributed by atoms with Gasteiger partial charge in [0, 0.05) is 14.9 Å². The Hall–Kier alpha value is -0.740. The van der Waals surface area contributed by atoms with Crippen LogP contribution < -0.4 is 5.32 Å². The molecule has 0 spiro atoms. The van der Waals surface area contributed by atoms with Gasteiger partial charge in [0.15, 0.2) is 0 Å². The third-order valence-corrected chi connectivity index (χ3v) is 3.71. The number of hydrogen-bond acceptors (Lipinski definition) is 2. The predicted octanol–water partition coefficient (Wildman–Crippen LogP) is 3.91. The zero-order valence-electron chi connectivity index (χ0n) is 9.59. The molecule has 5 heteroatoms. The molecule has 1 saturated heterocycles. The van der Waals surface area contributed by atoms with E-state index < -0.39 is 6.09 Å². The summed E-state index contributed by atoms with van der Waals surface area (Å²) >= 11 is 9.58. The van der Waals surface area contributed by atoms with E-state index in [0.717, 1.165) is 10.0 Å². The Morgan fingerprint density at radius 1 is 1.53 bits per heavy atom. The fourth-order valence-electron chi connectivity index (χ4n) is 1.92. The standard InChI is InChI=1S/C12H13BrClNO2/c1-12(2)6-17-11(16)15-10(12)8-4-3-7(13)5-9(8)14/h3-5,10H,6H2,1-2H3,(H,15,16)/t10-/m0/s1. The van der Waals surface area contributed by atoms with E-state index in [1.807, 2.05) is 32.0 Å². The number of alkyl carbamates (subject to hydrolysis) is 1. The second kappa shape index (κ2) is 4.50. The van der Waals surface area contributed by atoms with Crippen LogP contribution >= 0.6 is 27.5 Å². The van der Waals surface area contributed by atoms with Crippen LogP contribution in [0.25, 0.3) is 0 Å². The molecule has 3 nitrogen and oxygen atoms in total. The van der Waals surface area contributed by atoms with Gasteiger partial charge in [-0.1, -0.05) is 47.4 Å². The number of benzene rings is 1. The van der Waals surface area contributed by atoms with E-state index in [9.17, 15) is 4.79 Å². The molecule has 1 heterocycles. The van der Waals surface area contributed by atoms with Gasteiger partial charge in [-0.15, -0.1) is 0 Å². The van der Waals surface area contributed by atoms with Crippen LogP contribution in [0.15, 0.2) is 22.7 Å². The zero-order chi connectivity index (χ0) is 12.6. The van der Waals surface area contributed by atoms with E-state index >= 15 is 0 Å². The van der Waals surface area contributed by atoms with Crippen LogP contribution in [0.4, 0.5) is 4.79 Å². The monoisotopic (exact) mass is 317 g/mol. The fraction of sp³-hybridized carbons (Fsp3) is 0.417. The van der Waals surface area contributed by atoms with Crippen molar-refractivity contribution in [2.24, 2.45) is 5.41 Å². The summed E-state index contributed by atoms with van der Waals surface area (Å²) in [5.41, 5.74) is 0.724. The number of ether oxygens (including phenoxy) is 1. The Morgan fingerprint density at radius 3 is 2.88 bits per heavy atom. The number of amides is 1. The summed E-state index contributed by atoms with van der Waals surface area (Å²) in [5, 5.41) is 3.46. The van der Waals surface area contributed by atoms with Crippen LogP contribution in [0.5, 0.6) is 0 Å². The first kappa shape index (κ1) is 12.7. The molecule has 17 heavy (non-hydrogen) atoms. The van der Waals surface area contributed by atoms with E-state index in [1.54, 1.807) is 0 Å². The van der Waals surface area contributed by atoms with Crippen molar-refractivity contribution in [2.75, 3.05) is 6.61 Å². The fourth-order valence-corrected chi connectivity index (χ4v) is 2.71. The number of nitrogens with one attached hydrogen (secondary N) is 1. The second-order valence-electron chi connectivity index (χ2n) is 4.81. The highest BCUT2D eigenvalue weighted by Gasteiger charge is 2.38. The van der Waals surface area contributed by atoms with E-state index in [1.165, 1.54) is 0 Å². The highest BCUT2D eigenvalue weighted by molar-refractivity contribution is 9.10. The summed E-state index contributed by atoms with van der Waals surface area (Å²) in [7, 11) is 0. The Kier molecular flexibility index (Phi) is 3.36. The van der Waals surface area contributed by atoms with Gasteiger partial charge < -0.3 is 10.1 Å². The smallest absolute Gasteiger partial charge is 0.407 e. The van der Waals surface area contributed by atoms with Crippen LogP contribution in [0, 0.1) is 5.41 Å². The Balaban J connectivity index is 2.39. The molecule has 1 aromatic rings. The van der Waals surface area contributed by atoms with Gasteiger partial charge in [0.25, 0.3) is 0 Å². The first-order valence-electron chi connectivity index (χ1n) is 5.28. The molecule has 0 bridgehead atoms. The molecule has 1 atom stereocenters. The lowest BCUT2D eigenvalue weighted by Gasteiger charge is -2.38. The second-order valence-corrected chi connectivity index (χ2v) is 6.13. The van der Waals surface area contributed by atoms with Gasteiger partial charge in [0.1, 0.15) is 6.61 Å². The number of cyclic esters (lactones) is 1. The molecule has 0 unspecified atom stereocenters. The van der Waals surface area contributed by atoms with Crippen molar-refractivity contribution in [1.82, 2.24) is 5.32 Å². The molecule has 0 aliphatic carbocycles. The summed E-state index contributed by atoms with van der Waals surface area (Å²) in [4.78, 5) is 11.3. The van der Waals surface area contributed by atoms with Gasteiger partial charge in [-0.2, -0.15) is 0 Å². The molecule has 2 rings (SSSR count). The summed E-state index contributed by atoms with van der Waals surface area (Å²) in [6.45, 7) is 4.46. The maximum absolute atomic E-state index is 11.3. The average Bonchev–Trinajstić information content (AvgIpc) is 2.23. The normalized spacial score (nSPS) is 22.8. The van der Waals surface area contributed by atoms with Gasteiger partial charge in [0.05, 0.1) is 6.04 Å². The molecule has 1 fully saturated rings. The zero-order valence-corrected chi connectivity index (χ0v) is 11.9. The Labute approximate surface area is 114 Å². The van der Waals surface area contributed by atoms with Crippen LogP contribution in [0.3, 0.4) is 0 Å². The minimum Gasteiger partial charge on any atom is -0.449 e. The van der Waals surface area contributed by atoms with Gasteiger partial charge in [0.2, 0.25) is 0 Å². The maximum Gasteiger partial charge on any atom is 0.407 e. The molecule has 0 radical (unpaired) electrons. The molecule has 1 aliphatic heterocycles. The molecular formula is C12H13BrClNO2. The van der Waals surface area contributed by atoms with Crippen molar-refractivity contribution in [3.63, 3.8) is 0 Å². The molecule has 1 aromatic carbocycles. The topological polar surface area (TPSA) is 38.3 Å². The minimum atomic E-state index is -0.395. The first-order valence-corrected chi connectivity index (χ1v) is 6.45. The average molecular weight is 319 g/mol. The van der Waals surface area contributed by atoms with Crippen LogP contribution in [0.1, 0.15) is 25.5 Å². The lowest BCUT2D eigenvalue weighted by atomic mass is 9.80. The first-order chi connectivity index (χ1) is 7.90. The number of hydrogen-bond donors (Lipinski definition) is 1. The summed E-state index contributed by atoms with van der Waals surface area (Å²) < 4.78 is 5.92. The maximum atomic E-state index is 11.3. The number of halogens is 2. The van der Waals surface area contributed by atoms with Crippen LogP contribution in [-0.2, 0) is 4.74 Å². The SMILES string of the molecule is CC1(C)COC(=O)N[C@H]1c1ccc(Br)cc1Cl.